The second kappa shape index (κ2) is 4.97. The summed E-state index contributed by atoms with van der Waals surface area (Å²) in [7, 11) is 0. The van der Waals surface area contributed by atoms with Crippen LogP contribution in [0.15, 0.2) is 34.9 Å². The Kier molecular flexibility index (Phi) is 3.37. The van der Waals surface area contributed by atoms with Crippen LogP contribution in [0.5, 0.6) is 0 Å². The molecule has 1 aromatic carbocycles. The van der Waals surface area contributed by atoms with Gasteiger partial charge in [0.1, 0.15) is 5.69 Å². The number of nitrogens with zero attached hydrogens (tertiary/aromatic N) is 3. The van der Waals surface area contributed by atoms with Crippen molar-refractivity contribution in [3.63, 3.8) is 0 Å². The van der Waals surface area contributed by atoms with Crippen molar-refractivity contribution in [2.75, 3.05) is 4.43 Å². The Bertz CT molecular complexity index is 562. The molecule has 3 rings (SSSR count). The fourth-order valence-corrected chi connectivity index (χ4v) is 4.07. The van der Waals surface area contributed by atoms with E-state index in [1.807, 2.05) is 10.7 Å². The standard InChI is InChI=1S/C12H11BrIN3/c13-12-11(10-8-14-10)17(16-15-12)7-6-9-4-2-1-3-5-9/h1-5H,6-8H2. The van der Waals surface area contributed by atoms with E-state index in [0.29, 0.717) is 20.7 Å². The Hall–Kier alpha value is -0.560. The number of benzene rings is 1. The minimum absolute atomic E-state index is 0.307. The van der Waals surface area contributed by atoms with Crippen LogP contribution in [0.3, 0.4) is 0 Å². The van der Waals surface area contributed by atoms with Gasteiger partial charge >= 0.3 is 0 Å². The molecule has 3 nitrogen and oxygen atoms in total. The van der Waals surface area contributed by atoms with Crippen molar-refractivity contribution in [1.29, 1.82) is 0 Å². The topological polar surface area (TPSA) is 30.7 Å². The van der Waals surface area contributed by atoms with Crippen LogP contribution in [0.4, 0.5) is 0 Å². The minimum Gasteiger partial charge on any atom is -0.243 e. The molecule has 0 radical (unpaired) electrons. The van der Waals surface area contributed by atoms with Crippen LogP contribution in [0.2, 0.25) is 0 Å². The van der Waals surface area contributed by atoms with Gasteiger partial charge in [-0.3, -0.25) is 0 Å². The van der Waals surface area contributed by atoms with Gasteiger partial charge in [-0.1, -0.05) is 35.5 Å². The smallest absolute Gasteiger partial charge is 0.156 e. The number of hydrogen-bond donors (Lipinski definition) is 0. The molecule has 0 N–H and O–H groups in total. The molecule has 17 heavy (non-hydrogen) atoms. The second-order valence-electron chi connectivity index (χ2n) is 3.86. The zero-order valence-electron chi connectivity index (χ0n) is 9.11. The Labute approximate surface area is 118 Å². The van der Waals surface area contributed by atoms with Gasteiger partial charge in [0.2, 0.25) is 0 Å². The van der Waals surface area contributed by atoms with Crippen LogP contribution >= 0.6 is 36.7 Å². The van der Waals surface area contributed by atoms with Gasteiger partial charge in [0.25, 0.3) is 0 Å². The van der Waals surface area contributed by atoms with Crippen LogP contribution in [-0.2, 0) is 13.0 Å². The van der Waals surface area contributed by atoms with Crippen LogP contribution < -0.4 is 0 Å². The van der Waals surface area contributed by atoms with E-state index in [9.17, 15) is 0 Å². The highest BCUT2D eigenvalue weighted by Crippen LogP contribution is 2.29. The third kappa shape index (κ3) is 2.65. The Morgan fingerprint density at radius 1 is 1.29 bits per heavy atom. The number of halogens is 2. The quantitative estimate of drug-likeness (QED) is 0.580. The number of rotatable bonds is 4. The molecule has 2 heterocycles. The van der Waals surface area contributed by atoms with E-state index in [1.54, 1.807) is 3.51 Å². The zero-order chi connectivity index (χ0) is 11.7. The van der Waals surface area contributed by atoms with Crippen molar-refractivity contribution >= 4 is 40.2 Å². The zero-order valence-corrected chi connectivity index (χ0v) is 12.8. The molecule has 0 aliphatic carbocycles. The SMILES string of the molecule is Brc1nnn(CCc2ccccc2)c1C1=IC1. The molecule has 0 atom stereocenters. The molecule has 5 heteroatoms. The summed E-state index contributed by atoms with van der Waals surface area (Å²) in [6.45, 7) is 0.908. The van der Waals surface area contributed by atoms with E-state index >= 15 is 0 Å². The number of hydrogen-bond acceptors (Lipinski definition) is 2. The fraction of sp³-hybridized carbons (Fsp3) is 0.250. The molecule has 2 aromatic rings. The van der Waals surface area contributed by atoms with Crippen LogP contribution in [0.25, 0.3) is 0 Å². The van der Waals surface area contributed by atoms with E-state index in [-0.39, 0.29) is 0 Å². The second-order valence-corrected chi connectivity index (χ2v) is 7.44. The third-order valence-electron chi connectivity index (χ3n) is 2.67. The highest BCUT2D eigenvalue weighted by atomic mass is 127. The molecule has 1 aliphatic rings. The van der Waals surface area contributed by atoms with Gasteiger partial charge in [-0.25, -0.2) is 4.68 Å². The minimum atomic E-state index is 0.307. The third-order valence-corrected chi connectivity index (χ3v) is 5.24. The molecule has 0 unspecified atom stereocenters. The van der Waals surface area contributed by atoms with Gasteiger partial charge in [0, 0.05) is 14.5 Å². The lowest BCUT2D eigenvalue weighted by atomic mass is 10.1. The number of aryl methyl sites for hydroxylation is 2. The van der Waals surface area contributed by atoms with Gasteiger partial charge in [-0.2, -0.15) is 0 Å². The highest BCUT2D eigenvalue weighted by Gasteiger charge is 2.21. The summed E-state index contributed by atoms with van der Waals surface area (Å²) in [6.07, 6.45) is 1.01. The van der Waals surface area contributed by atoms with Gasteiger partial charge in [0.05, 0.1) is 0 Å². The van der Waals surface area contributed by atoms with Gasteiger partial charge < -0.3 is 0 Å². The van der Waals surface area contributed by atoms with Crippen molar-refractivity contribution in [3.05, 3.63) is 46.2 Å². The largest absolute Gasteiger partial charge is 0.243 e. The van der Waals surface area contributed by atoms with Gasteiger partial charge in [0.15, 0.2) is 4.60 Å². The van der Waals surface area contributed by atoms with Crippen LogP contribution in [0, 0.1) is 0 Å². The Balaban J connectivity index is 1.75. The molecule has 0 bridgehead atoms. The van der Waals surface area contributed by atoms with Crippen molar-refractivity contribution < 1.29 is 0 Å². The lowest BCUT2D eigenvalue weighted by Crippen LogP contribution is -2.09. The summed E-state index contributed by atoms with van der Waals surface area (Å²) in [4.78, 5) is 0. The maximum Gasteiger partial charge on any atom is 0.156 e. The predicted molar refractivity (Wildman–Crippen MR) is 80.9 cm³/mol. The first-order chi connectivity index (χ1) is 8.34. The number of alkyl halides is 1. The summed E-state index contributed by atoms with van der Waals surface area (Å²) < 4.78 is 5.83. The van der Waals surface area contributed by atoms with Crippen molar-refractivity contribution in [3.8, 4) is 0 Å². The summed E-state index contributed by atoms with van der Waals surface area (Å²) in [5, 5.41) is 8.33. The van der Waals surface area contributed by atoms with E-state index in [2.05, 4.69) is 50.5 Å². The normalized spacial score (nSPS) is 14.1. The van der Waals surface area contributed by atoms with Gasteiger partial charge in [-0.15, -0.1) is 25.8 Å². The Morgan fingerprint density at radius 3 is 2.76 bits per heavy atom. The highest BCUT2D eigenvalue weighted by molar-refractivity contribution is 14.2. The van der Waals surface area contributed by atoms with Crippen LogP contribution in [0.1, 0.15) is 11.3 Å². The summed E-state index contributed by atoms with van der Waals surface area (Å²) >= 11 is 3.79. The maximum absolute atomic E-state index is 4.21. The van der Waals surface area contributed by atoms with Crippen LogP contribution in [-0.4, -0.2) is 22.9 Å². The molecule has 0 saturated heterocycles. The first-order valence-electron chi connectivity index (χ1n) is 5.43. The van der Waals surface area contributed by atoms with Crippen molar-refractivity contribution in [1.82, 2.24) is 15.0 Å². The van der Waals surface area contributed by atoms with Gasteiger partial charge in [-0.05, 0) is 27.9 Å². The van der Waals surface area contributed by atoms with Crippen molar-refractivity contribution in [2.45, 2.75) is 13.0 Å². The summed E-state index contributed by atoms with van der Waals surface area (Å²) in [5.74, 6) is 0. The Morgan fingerprint density at radius 2 is 2.06 bits per heavy atom. The molecule has 0 fully saturated rings. The summed E-state index contributed by atoms with van der Waals surface area (Å²) in [6, 6.07) is 10.5. The lowest BCUT2D eigenvalue weighted by Gasteiger charge is -2.04. The molecule has 0 spiro atoms. The first kappa shape index (κ1) is 11.5. The predicted octanol–water partition coefficient (Wildman–Crippen LogP) is 2.79. The average Bonchev–Trinajstić information content (AvgIpc) is 3.12. The average molecular weight is 404 g/mol. The first-order valence-corrected chi connectivity index (χ1v) is 8.82. The number of aromatic nitrogens is 3. The van der Waals surface area contributed by atoms with E-state index in [4.69, 9.17) is 0 Å². The monoisotopic (exact) mass is 403 g/mol. The van der Waals surface area contributed by atoms with E-state index in [0.717, 1.165) is 17.6 Å². The molecule has 0 saturated carbocycles. The molecule has 88 valence electrons. The molecular formula is C12H11BrIN3. The molecular weight excluding hydrogens is 393 g/mol. The summed E-state index contributed by atoms with van der Waals surface area (Å²) in [5.41, 5.74) is 2.59. The lowest BCUT2D eigenvalue weighted by molar-refractivity contribution is 0.586. The fourth-order valence-electron chi connectivity index (χ4n) is 1.74. The van der Waals surface area contributed by atoms with Crippen molar-refractivity contribution in [2.24, 2.45) is 0 Å². The molecule has 1 aliphatic heterocycles. The van der Waals surface area contributed by atoms with E-state index < -0.39 is 0 Å². The molecule has 0 amide bonds. The van der Waals surface area contributed by atoms with E-state index in [1.165, 1.54) is 15.7 Å². The maximum atomic E-state index is 4.21. The molecule has 1 aromatic heterocycles.